The third kappa shape index (κ3) is 15.7. The summed E-state index contributed by atoms with van der Waals surface area (Å²) < 4.78 is 12.3. The highest BCUT2D eigenvalue weighted by Crippen LogP contribution is 2.21. The second-order valence-electron chi connectivity index (χ2n) is 12.3. The van der Waals surface area contributed by atoms with Crippen LogP contribution in [-0.4, -0.2) is 59.4 Å². The lowest BCUT2D eigenvalue weighted by molar-refractivity contribution is -0.134. The van der Waals surface area contributed by atoms with Crippen LogP contribution in [0.15, 0.2) is 0 Å². The molecule has 6 N–H and O–H groups in total. The first-order chi connectivity index (χ1) is 14.9. The van der Waals surface area contributed by atoms with Gasteiger partial charge in [0.2, 0.25) is 5.91 Å². The molecule has 8 nitrogen and oxygen atoms in total. The summed E-state index contributed by atoms with van der Waals surface area (Å²) in [5.41, 5.74) is 4.63. The molecular weight excluding hydrogens is 418 g/mol. The molecule has 0 aromatic carbocycles. The van der Waals surface area contributed by atoms with Crippen LogP contribution in [0.2, 0.25) is 0 Å². The number of amides is 1. The average molecular weight is 474 g/mol. The van der Waals surface area contributed by atoms with E-state index in [0.29, 0.717) is 38.6 Å². The molecule has 0 bridgehead atoms. The first kappa shape index (κ1) is 32.2. The maximum Gasteiger partial charge on any atom is 0.222 e. The van der Waals surface area contributed by atoms with Crippen LogP contribution in [0.1, 0.15) is 101 Å². The smallest absolute Gasteiger partial charge is 0.222 e. The summed E-state index contributed by atoms with van der Waals surface area (Å²) in [6.45, 7) is 23.2. The number of rotatable bonds is 18. The first-order valence-corrected chi connectivity index (χ1v) is 12.5. The number of nitrogens with zero attached hydrogens (tertiary/aromatic N) is 1. The second-order valence-corrected chi connectivity index (χ2v) is 12.3. The molecule has 0 aromatic heterocycles. The van der Waals surface area contributed by atoms with E-state index in [-0.39, 0.29) is 28.2 Å². The van der Waals surface area contributed by atoms with E-state index in [1.54, 1.807) is 0 Å². The SMILES string of the molecule is CC(C)CC(=O)N(CCC(C)(C)OCCC(C)(C)NN)CCC(C)(C)OCCC(C)(C)NN. The normalized spacial score (nSPS) is 13.6. The van der Waals surface area contributed by atoms with Crippen molar-refractivity contribution in [1.29, 1.82) is 0 Å². The van der Waals surface area contributed by atoms with Crippen molar-refractivity contribution in [3.8, 4) is 0 Å². The molecule has 33 heavy (non-hydrogen) atoms. The Hall–Kier alpha value is -0.770. The van der Waals surface area contributed by atoms with Gasteiger partial charge in [0.25, 0.3) is 0 Å². The largest absolute Gasteiger partial charge is 0.375 e. The van der Waals surface area contributed by atoms with Crippen molar-refractivity contribution in [3.05, 3.63) is 0 Å². The van der Waals surface area contributed by atoms with Crippen LogP contribution in [0, 0.1) is 5.92 Å². The van der Waals surface area contributed by atoms with Gasteiger partial charge in [0.15, 0.2) is 0 Å². The van der Waals surface area contributed by atoms with E-state index >= 15 is 0 Å². The lowest BCUT2D eigenvalue weighted by atomic mass is 10.00. The van der Waals surface area contributed by atoms with Crippen molar-refractivity contribution in [1.82, 2.24) is 15.8 Å². The molecule has 0 saturated heterocycles. The number of hydrazine groups is 2. The number of hydrogen-bond acceptors (Lipinski definition) is 7. The Labute approximate surface area is 203 Å². The van der Waals surface area contributed by atoms with Crippen LogP contribution in [0.5, 0.6) is 0 Å². The molecule has 0 saturated carbocycles. The zero-order chi connectivity index (χ0) is 25.9. The van der Waals surface area contributed by atoms with Crippen LogP contribution < -0.4 is 22.5 Å². The molecule has 0 rings (SSSR count). The van der Waals surface area contributed by atoms with E-state index < -0.39 is 0 Å². The minimum absolute atomic E-state index is 0.170. The van der Waals surface area contributed by atoms with Gasteiger partial charge < -0.3 is 14.4 Å². The number of ether oxygens (including phenoxy) is 2. The highest BCUT2D eigenvalue weighted by molar-refractivity contribution is 5.76. The highest BCUT2D eigenvalue weighted by Gasteiger charge is 2.27. The summed E-state index contributed by atoms with van der Waals surface area (Å²) in [7, 11) is 0. The predicted octanol–water partition coefficient (Wildman–Crippen LogP) is 3.50. The fourth-order valence-corrected chi connectivity index (χ4v) is 3.10. The van der Waals surface area contributed by atoms with Crippen molar-refractivity contribution < 1.29 is 14.3 Å². The molecule has 0 atom stereocenters. The molecule has 0 fully saturated rings. The summed E-state index contributed by atoms with van der Waals surface area (Å²) in [5.74, 6) is 11.7. The Kier molecular flexibility index (Phi) is 13.6. The van der Waals surface area contributed by atoms with Crippen molar-refractivity contribution in [3.63, 3.8) is 0 Å². The zero-order valence-corrected chi connectivity index (χ0v) is 23.3. The molecular formula is C25H55N5O3. The van der Waals surface area contributed by atoms with Crippen LogP contribution in [0.4, 0.5) is 0 Å². The molecule has 0 radical (unpaired) electrons. The van der Waals surface area contributed by atoms with Gasteiger partial charge in [-0.05, 0) is 87.0 Å². The van der Waals surface area contributed by atoms with Gasteiger partial charge in [-0.3, -0.25) is 27.3 Å². The molecule has 8 heteroatoms. The summed E-state index contributed by atoms with van der Waals surface area (Å²) >= 11 is 0. The van der Waals surface area contributed by atoms with Gasteiger partial charge in [0.1, 0.15) is 0 Å². The summed E-state index contributed by atoms with van der Waals surface area (Å²) in [6, 6.07) is 0. The summed E-state index contributed by atoms with van der Waals surface area (Å²) in [5, 5.41) is 0. The minimum Gasteiger partial charge on any atom is -0.375 e. The third-order valence-electron chi connectivity index (χ3n) is 6.12. The highest BCUT2D eigenvalue weighted by atomic mass is 16.5. The van der Waals surface area contributed by atoms with E-state index in [4.69, 9.17) is 21.2 Å². The van der Waals surface area contributed by atoms with Gasteiger partial charge in [-0.2, -0.15) is 0 Å². The fourth-order valence-electron chi connectivity index (χ4n) is 3.10. The molecule has 1 amide bonds. The Bertz CT molecular complexity index is 524. The molecule has 0 aliphatic heterocycles. The van der Waals surface area contributed by atoms with E-state index in [9.17, 15) is 4.79 Å². The molecule has 0 heterocycles. The Morgan fingerprint density at radius 1 is 0.758 bits per heavy atom. The van der Waals surface area contributed by atoms with Crippen molar-refractivity contribution in [2.75, 3.05) is 26.3 Å². The number of carbonyl (C=O) groups is 1. The van der Waals surface area contributed by atoms with E-state index in [1.807, 2.05) is 32.6 Å². The number of hydrogen-bond donors (Lipinski definition) is 4. The van der Waals surface area contributed by atoms with Crippen molar-refractivity contribution >= 4 is 5.91 Å². The van der Waals surface area contributed by atoms with Gasteiger partial charge in [-0.1, -0.05) is 13.8 Å². The minimum atomic E-state index is -0.326. The van der Waals surface area contributed by atoms with Gasteiger partial charge in [-0.15, -0.1) is 0 Å². The Morgan fingerprint density at radius 2 is 1.12 bits per heavy atom. The van der Waals surface area contributed by atoms with Crippen LogP contribution >= 0.6 is 0 Å². The molecule has 0 aromatic rings. The monoisotopic (exact) mass is 473 g/mol. The summed E-state index contributed by atoms with van der Waals surface area (Å²) in [6.07, 6.45) is 3.71. The van der Waals surface area contributed by atoms with E-state index in [1.165, 1.54) is 0 Å². The maximum atomic E-state index is 13.0. The summed E-state index contributed by atoms with van der Waals surface area (Å²) in [4.78, 5) is 14.9. The topological polar surface area (TPSA) is 115 Å². The molecule has 0 unspecified atom stereocenters. The standard InChI is InChI=1S/C25H55N5O3/c1-20(2)19-21(31)30(15-11-24(7,8)32-17-13-22(3,4)28-26)16-12-25(9,10)33-18-14-23(5,6)29-27/h20,28-29H,11-19,26-27H2,1-10H3. The van der Waals surface area contributed by atoms with Gasteiger partial charge in [-0.25, -0.2) is 0 Å². The van der Waals surface area contributed by atoms with Gasteiger partial charge in [0.05, 0.1) is 11.2 Å². The number of nitrogens with two attached hydrogens (primary N) is 2. The van der Waals surface area contributed by atoms with E-state index in [0.717, 1.165) is 25.7 Å². The van der Waals surface area contributed by atoms with Gasteiger partial charge >= 0.3 is 0 Å². The molecule has 0 aliphatic rings. The van der Waals surface area contributed by atoms with Crippen molar-refractivity contribution in [2.24, 2.45) is 17.6 Å². The predicted molar refractivity (Wildman–Crippen MR) is 137 cm³/mol. The van der Waals surface area contributed by atoms with Crippen molar-refractivity contribution in [2.45, 2.75) is 124 Å². The number of nitrogens with one attached hydrogen (secondary N) is 2. The van der Waals surface area contributed by atoms with Crippen LogP contribution in [0.25, 0.3) is 0 Å². The van der Waals surface area contributed by atoms with Crippen LogP contribution in [0.3, 0.4) is 0 Å². The Balaban J connectivity index is 4.87. The first-order valence-electron chi connectivity index (χ1n) is 12.5. The third-order valence-corrected chi connectivity index (χ3v) is 6.12. The van der Waals surface area contributed by atoms with Crippen LogP contribution in [-0.2, 0) is 14.3 Å². The lowest BCUT2D eigenvalue weighted by Gasteiger charge is -2.34. The average Bonchev–Trinajstić information content (AvgIpc) is 2.66. The zero-order valence-electron chi connectivity index (χ0n) is 23.3. The lowest BCUT2D eigenvalue weighted by Crippen LogP contribution is -2.46. The van der Waals surface area contributed by atoms with E-state index in [2.05, 4.69) is 52.4 Å². The maximum absolute atomic E-state index is 13.0. The molecule has 0 spiro atoms. The quantitative estimate of drug-likeness (QED) is 0.178. The Morgan fingerprint density at radius 3 is 1.42 bits per heavy atom. The molecule has 0 aliphatic carbocycles. The number of carbonyl (C=O) groups excluding carboxylic acids is 1. The van der Waals surface area contributed by atoms with Gasteiger partial charge in [0, 0.05) is 43.8 Å². The second kappa shape index (κ2) is 14.0. The fraction of sp³-hybridized carbons (Fsp3) is 0.960. The molecule has 198 valence electrons.